The SMILES string of the molecule is C[C@@H](C#CC(=O)N(C)C)NC(=O)C1(F)CCN(S(=O)(=O)c2ccc(Br)cc2-c2ccccc2Cl)CC1. The fraction of sp³-hybridized carbons (Fsp3) is 0.360. The number of piperidine rings is 1. The number of halogens is 3. The third-order valence-corrected chi connectivity index (χ3v) is 8.57. The molecule has 1 atom stereocenters. The maximum absolute atomic E-state index is 15.5. The van der Waals surface area contributed by atoms with E-state index < -0.39 is 33.5 Å². The van der Waals surface area contributed by atoms with Crippen molar-refractivity contribution in [2.24, 2.45) is 0 Å². The van der Waals surface area contributed by atoms with Crippen molar-refractivity contribution in [1.29, 1.82) is 0 Å². The summed E-state index contributed by atoms with van der Waals surface area (Å²) in [4.78, 5) is 25.5. The lowest BCUT2D eigenvalue weighted by Crippen LogP contribution is -2.53. The normalized spacial score (nSPS) is 16.4. The van der Waals surface area contributed by atoms with Gasteiger partial charge in [0, 0.05) is 60.6 Å². The summed E-state index contributed by atoms with van der Waals surface area (Å²) in [5.74, 6) is 3.64. The van der Waals surface area contributed by atoms with Gasteiger partial charge >= 0.3 is 0 Å². The van der Waals surface area contributed by atoms with Gasteiger partial charge < -0.3 is 10.2 Å². The molecule has 1 aliphatic heterocycles. The molecule has 1 heterocycles. The lowest BCUT2D eigenvalue weighted by molar-refractivity contribution is -0.135. The van der Waals surface area contributed by atoms with Gasteiger partial charge in [0.2, 0.25) is 10.0 Å². The third-order valence-electron chi connectivity index (χ3n) is 5.79. The molecule has 0 spiro atoms. The molecule has 1 N–H and O–H groups in total. The molecule has 2 aromatic carbocycles. The predicted molar refractivity (Wildman–Crippen MR) is 140 cm³/mol. The smallest absolute Gasteiger partial charge is 0.298 e. The average molecular weight is 599 g/mol. The number of amides is 2. The molecule has 0 bridgehead atoms. The van der Waals surface area contributed by atoms with Crippen LogP contribution in [0.2, 0.25) is 5.02 Å². The van der Waals surface area contributed by atoms with Crippen LogP contribution in [0.1, 0.15) is 19.8 Å². The molecule has 0 saturated carbocycles. The van der Waals surface area contributed by atoms with E-state index in [2.05, 4.69) is 33.1 Å². The minimum absolute atomic E-state index is 0.0454. The van der Waals surface area contributed by atoms with E-state index >= 15 is 4.39 Å². The van der Waals surface area contributed by atoms with Gasteiger partial charge in [-0.05, 0) is 37.1 Å². The number of rotatable bonds is 5. The van der Waals surface area contributed by atoms with E-state index in [1.807, 2.05) is 0 Å². The van der Waals surface area contributed by atoms with E-state index in [9.17, 15) is 18.0 Å². The first kappa shape index (κ1) is 28.1. The van der Waals surface area contributed by atoms with Gasteiger partial charge in [-0.3, -0.25) is 9.59 Å². The van der Waals surface area contributed by atoms with Crippen LogP contribution in [0, 0.1) is 11.8 Å². The Bertz CT molecular complexity index is 1330. The fourth-order valence-electron chi connectivity index (χ4n) is 3.71. The molecule has 0 aromatic heterocycles. The van der Waals surface area contributed by atoms with Gasteiger partial charge in [-0.2, -0.15) is 4.31 Å². The number of benzene rings is 2. The summed E-state index contributed by atoms with van der Waals surface area (Å²) in [5.41, 5.74) is -1.28. The summed E-state index contributed by atoms with van der Waals surface area (Å²) >= 11 is 9.72. The zero-order valence-corrected chi connectivity index (χ0v) is 23.2. The van der Waals surface area contributed by atoms with Gasteiger partial charge in [0.05, 0.1) is 10.9 Å². The van der Waals surface area contributed by atoms with Crippen LogP contribution in [-0.4, -0.2) is 68.3 Å². The van der Waals surface area contributed by atoms with E-state index in [-0.39, 0.29) is 30.8 Å². The van der Waals surface area contributed by atoms with Crippen molar-refractivity contribution in [2.75, 3.05) is 27.2 Å². The topological polar surface area (TPSA) is 86.8 Å². The highest BCUT2D eigenvalue weighted by Gasteiger charge is 2.45. The highest BCUT2D eigenvalue weighted by molar-refractivity contribution is 9.10. The van der Waals surface area contributed by atoms with Gasteiger partial charge in [-0.15, -0.1) is 0 Å². The molecule has 192 valence electrons. The highest BCUT2D eigenvalue weighted by Crippen LogP contribution is 2.37. The molecule has 11 heteroatoms. The first-order valence-corrected chi connectivity index (χ1v) is 13.7. The number of nitrogens with one attached hydrogen (secondary N) is 1. The second-order valence-corrected chi connectivity index (χ2v) is 11.9. The highest BCUT2D eigenvalue weighted by atomic mass is 79.9. The number of alkyl halides is 1. The number of sulfonamides is 1. The molecule has 1 saturated heterocycles. The van der Waals surface area contributed by atoms with Crippen molar-refractivity contribution < 1.29 is 22.4 Å². The lowest BCUT2D eigenvalue weighted by atomic mass is 9.93. The van der Waals surface area contributed by atoms with E-state index in [0.717, 1.165) is 0 Å². The number of carbonyl (C=O) groups excluding carboxylic acids is 2. The maximum atomic E-state index is 15.5. The Kier molecular flexibility index (Phi) is 8.83. The Morgan fingerprint density at radius 1 is 1.17 bits per heavy atom. The van der Waals surface area contributed by atoms with Crippen LogP contribution in [0.3, 0.4) is 0 Å². The number of hydrogen-bond donors (Lipinski definition) is 1. The van der Waals surface area contributed by atoms with Crippen LogP contribution < -0.4 is 5.32 Å². The van der Waals surface area contributed by atoms with Gasteiger partial charge in [0.15, 0.2) is 5.67 Å². The monoisotopic (exact) mass is 597 g/mol. The number of carbonyl (C=O) groups is 2. The molecule has 36 heavy (non-hydrogen) atoms. The first-order valence-electron chi connectivity index (χ1n) is 11.1. The van der Waals surface area contributed by atoms with Crippen LogP contribution in [0.25, 0.3) is 11.1 Å². The van der Waals surface area contributed by atoms with E-state index in [1.165, 1.54) is 15.3 Å². The Hall–Kier alpha value is -2.45. The van der Waals surface area contributed by atoms with Crippen LogP contribution in [0.15, 0.2) is 51.8 Å². The third kappa shape index (κ3) is 6.27. The summed E-state index contributed by atoms with van der Waals surface area (Å²) in [7, 11) is -0.917. The Morgan fingerprint density at radius 3 is 2.42 bits per heavy atom. The molecular weight excluding hydrogens is 573 g/mol. The summed E-state index contributed by atoms with van der Waals surface area (Å²) in [5, 5.41) is 2.86. The zero-order chi connectivity index (χ0) is 26.7. The quantitative estimate of drug-likeness (QED) is 0.530. The summed E-state index contributed by atoms with van der Waals surface area (Å²) < 4.78 is 44.5. The Balaban J connectivity index is 1.77. The van der Waals surface area contributed by atoms with Crippen molar-refractivity contribution in [3.8, 4) is 23.0 Å². The van der Waals surface area contributed by atoms with E-state index in [1.54, 1.807) is 57.4 Å². The number of hydrogen-bond acceptors (Lipinski definition) is 4. The minimum Gasteiger partial charge on any atom is -0.340 e. The van der Waals surface area contributed by atoms with Gasteiger partial charge in [-0.1, -0.05) is 51.7 Å². The molecule has 2 aromatic rings. The van der Waals surface area contributed by atoms with Crippen molar-refractivity contribution in [3.05, 3.63) is 52.0 Å². The number of nitrogens with zero attached hydrogens (tertiary/aromatic N) is 2. The molecule has 3 rings (SSSR count). The van der Waals surface area contributed by atoms with E-state index in [4.69, 9.17) is 11.6 Å². The lowest BCUT2D eigenvalue weighted by Gasteiger charge is -2.35. The fourth-order valence-corrected chi connectivity index (χ4v) is 5.94. The second kappa shape index (κ2) is 11.3. The molecule has 1 aliphatic rings. The molecular formula is C25H26BrClFN3O4S. The molecule has 7 nitrogen and oxygen atoms in total. The summed E-state index contributed by atoms with van der Waals surface area (Å²) in [6, 6.07) is 10.9. The standard InChI is InChI=1S/C25H26BrClFN3O4S/c1-17(8-11-23(32)30(2)3)29-24(33)25(28)12-14-31(15-13-25)36(34,35)22-10-9-18(26)16-20(22)19-6-4-5-7-21(19)27/h4-7,9-10,16-17H,12-15H2,1-3H3,(H,29,33)/t17-/m0/s1. The maximum Gasteiger partial charge on any atom is 0.298 e. The minimum atomic E-state index is -4.01. The van der Waals surface area contributed by atoms with Crippen LogP contribution in [0.5, 0.6) is 0 Å². The summed E-state index contributed by atoms with van der Waals surface area (Å²) in [6.45, 7) is 1.19. The van der Waals surface area contributed by atoms with Crippen LogP contribution in [0.4, 0.5) is 4.39 Å². The molecule has 1 fully saturated rings. The van der Waals surface area contributed by atoms with Crippen molar-refractivity contribution in [2.45, 2.75) is 36.4 Å². The first-order chi connectivity index (χ1) is 16.8. The molecule has 0 radical (unpaired) electrons. The molecule has 2 amide bonds. The summed E-state index contributed by atoms with van der Waals surface area (Å²) in [6.07, 6.45) is -0.625. The van der Waals surface area contributed by atoms with Crippen LogP contribution in [-0.2, 0) is 19.6 Å². The Morgan fingerprint density at radius 2 is 1.81 bits per heavy atom. The van der Waals surface area contributed by atoms with Crippen LogP contribution >= 0.6 is 27.5 Å². The van der Waals surface area contributed by atoms with Gasteiger partial charge in [0.1, 0.15) is 0 Å². The van der Waals surface area contributed by atoms with Gasteiger partial charge in [0.25, 0.3) is 11.8 Å². The van der Waals surface area contributed by atoms with E-state index in [0.29, 0.717) is 20.6 Å². The van der Waals surface area contributed by atoms with Crippen molar-refractivity contribution in [3.63, 3.8) is 0 Å². The van der Waals surface area contributed by atoms with Crippen molar-refractivity contribution >= 4 is 49.4 Å². The van der Waals surface area contributed by atoms with Crippen molar-refractivity contribution in [1.82, 2.24) is 14.5 Å². The largest absolute Gasteiger partial charge is 0.340 e. The second-order valence-electron chi connectivity index (χ2n) is 8.65. The molecule has 0 unspecified atom stereocenters. The van der Waals surface area contributed by atoms with Gasteiger partial charge in [-0.25, -0.2) is 12.8 Å². The molecule has 0 aliphatic carbocycles. The average Bonchev–Trinajstić information content (AvgIpc) is 2.82. The predicted octanol–water partition coefficient (Wildman–Crippen LogP) is 3.86. The Labute approximate surface area is 224 Å². The zero-order valence-electron chi connectivity index (χ0n) is 20.0.